The molecule has 1 aromatic heterocycles. The lowest BCUT2D eigenvalue weighted by atomic mass is 10.2. The van der Waals surface area contributed by atoms with Gasteiger partial charge in [-0.1, -0.05) is 0 Å². The maximum absolute atomic E-state index is 11.9. The van der Waals surface area contributed by atoms with Gasteiger partial charge in [0.25, 0.3) is 11.6 Å². The fourth-order valence-electron chi connectivity index (χ4n) is 1.41. The predicted octanol–water partition coefficient (Wildman–Crippen LogP) is 0.323. The van der Waals surface area contributed by atoms with Crippen molar-refractivity contribution in [1.29, 1.82) is 0 Å². The highest BCUT2D eigenvalue weighted by Crippen LogP contribution is 2.18. The summed E-state index contributed by atoms with van der Waals surface area (Å²) in [6, 6.07) is 1.21. The molecule has 104 valence electrons. The number of pyridine rings is 1. The monoisotopic (exact) mass is 267 g/mol. The van der Waals surface area contributed by atoms with Gasteiger partial charge in [-0.3, -0.25) is 14.9 Å². The summed E-state index contributed by atoms with van der Waals surface area (Å²) in [7, 11) is 5.38. The smallest absolute Gasteiger partial charge is 0.288 e. The Morgan fingerprint density at radius 2 is 2.21 bits per heavy atom. The number of anilines is 1. The van der Waals surface area contributed by atoms with Crippen LogP contribution in [0.1, 0.15) is 10.4 Å². The molecule has 0 fully saturated rings. The molecule has 0 aromatic carbocycles. The molecule has 1 aromatic rings. The standard InChI is InChI=1S/C11H17N5O3/c1-12-10-9(6-8(7-14-10)16(18)19)11(17)13-4-5-15(2)3/h6-7H,4-5H2,1-3H3,(H,12,14)(H,13,17). The van der Waals surface area contributed by atoms with Gasteiger partial charge in [-0.05, 0) is 14.1 Å². The highest BCUT2D eigenvalue weighted by atomic mass is 16.6. The number of carbonyl (C=O) groups excluding carboxylic acids is 1. The topological polar surface area (TPSA) is 100 Å². The summed E-state index contributed by atoms with van der Waals surface area (Å²) >= 11 is 0. The zero-order valence-electron chi connectivity index (χ0n) is 11.1. The van der Waals surface area contributed by atoms with Crippen molar-refractivity contribution in [3.05, 3.63) is 27.9 Å². The summed E-state index contributed by atoms with van der Waals surface area (Å²) in [6.45, 7) is 1.14. The highest BCUT2D eigenvalue weighted by molar-refractivity contribution is 5.99. The second-order valence-electron chi connectivity index (χ2n) is 4.16. The molecule has 8 nitrogen and oxygen atoms in total. The number of nitro groups is 1. The summed E-state index contributed by atoms with van der Waals surface area (Å²) in [5.41, 5.74) is -0.0489. The molecular weight excluding hydrogens is 250 g/mol. The molecule has 1 heterocycles. The van der Waals surface area contributed by atoms with E-state index in [1.165, 1.54) is 6.07 Å². The van der Waals surface area contributed by atoms with Crippen molar-refractivity contribution in [1.82, 2.24) is 15.2 Å². The van der Waals surface area contributed by atoms with E-state index in [4.69, 9.17) is 0 Å². The predicted molar refractivity (Wildman–Crippen MR) is 71.3 cm³/mol. The minimum Gasteiger partial charge on any atom is -0.372 e. The van der Waals surface area contributed by atoms with Gasteiger partial charge in [-0.15, -0.1) is 0 Å². The second-order valence-corrected chi connectivity index (χ2v) is 4.16. The van der Waals surface area contributed by atoms with Crippen molar-refractivity contribution in [3.8, 4) is 0 Å². The van der Waals surface area contributed by atoms with Gasteiger partial charge in [0.2, 0.25) is 0 Å². The van der Waals surface area contributed by atoms with Crippen LogP contribution >= 0.6 is 0 Å². The van der Waals surface area contributed by atoms with E-state index in [-0.39, 0.29) is 17.2 Å². The number of amides is 1. The fourth-order valence-corrected chi connectivity index (χ4v) is 1.41. The summed E-state index contributed by atoms with van der Waals surface area (Å²) < 4.78 is 0. The van der Waals surface area contributed by atoms with Gasteiger partial charge < -0.3 is 15.5 Å². The SMILES string of the molecule is CNc1ncc([N+](=O)[O-])cc1C(=O)NCCN(C)C. The molecule has 0 bridgehead atoms. The van der Waals surface area contributed by atoms with Gasteiger partial charge in [-0.2, -0.15) is 0 Å². The Morgan fingerprint density at radius 1 is 1.53 bits per heavy atom. The van der Waals surface area contributed by atoms with E-state index in [0.717, 1.165) is 6.20 Å². The molecule has 2 N–H and O–H groups in total. The molecule has 0 unspecified atom stereocenters. The van der Waals surface area contributed by atoms with E-state index in [0.29, 0.717) is 18.9 Å². The van der Waals surface area contributed by atoms with Gasteiger partial charge in [0.1, 0.15) is 12.0 Å². The minimum absolute atomic E-state index is 0.162. The number of hydrogen-bond donors (Lipinski definition) is 2. The Bertz CT molecular complexity index is 475. The minimum atomic E-state index is -0.580. The first kappa shape index (κ1) is 14.8. The van der Waals surface area contributed by atoms with E-state index in [9.17, 15) is 14.9 Å². The zero-order valence-corrected chi connectivity index (χ0v) is 11.1. The Hall–Kier alpha value is -2.22. The van der Waals surface area contributed by atoms with E-state index < -0.39 is 4.92 Å². The van der Waals surface area contributed by atoms with E-state index >= 15 is 0 Å². The van der Waals surface area contributed by atoms with E-state index in [1.54, 1.807) is 7.05 Å². The van der Waals surface area contributed by atoms with Crippen LogP contribution in [0.2, 0.25) is 0 Å². The van der Waals surface area contributed by atoms with Crippen molar-refractivity contribution in [3.63, 3.8) is 0 Å². The number of rotatable bonds is 6. The summed E-state index contributed by atoms with van der Waals surface area (Å²) in [5, 5.41) is 16.1. The highest BCUT2D eigenvalue weighted by Gasteiger charge is 2.17. The maximum Gasteiger partial charge on any atom is 0.288 e. The van der Waals surface area contributed by atoms with Crippen LogP contribution < -0.4 is 10.6 Å². The number of nitrogens with zero attached hydrogens (tertiary/aromatic N) is 3. The fraction of sp³-hybridized carbons (Fsp3) is 0.455. The van der Waals surface area contributed by atoms with Crippen molar-refractivity contribution in [2.45, 2.75) is 0 Å². The van der Waals surface area contributed by atoms with Crippen LogP contribution in [0.3, 0.4) is 0 Å². The van der Waals surface area contributed by atoms with Crippen LogP contribution in [0.15, 0.2) is 12.3 Å². The van der Waals surface area contributed by atoms with Gasteiger partial charge in [0, 0.05) is 26.2 Å². The van der Waals surface area contributed by atoms with Crippen LogP contribution in [-0.2, 0) is 0 Å². The third-order valence-corrected chi connectivity index (χ3v) is 2.41. The van der Waals surface area contributed by atoms with E-state index in [2.05, 4.69) is 15.6 Å². The molecule has 0 aliphatic heterocycles. The van der Waals surface area contributed by atoms with Crippen LogP contribution in [0.4, 0.5) is 11.5 Å². The zero-order chi connectivity index (χ0) is 14.4. The lowest BCUT2D eigenvalue weighted by molar-refractivity contribution is -0.385. The summed E-state index contributed by atoms with van der Waals surface area (Å²) in [4.78, 5) is 27.8. The second kappa shape index (κ2) is 6.64. The molecule has 0 aliphatic rings. The third-order valence-electron chi connectivity index (χ3n) is 2.41. The van der Waals surface area contributed by atoms with Gasteiger partial charge >= 0.3 is 0 Å². The van der Waals surface area contributed by atoms with Crippen molar-refractivity contribution >= 4 is 17.4 Å². The van der Waals surface area contributed by atoms with Crippen molar-refractivity contribution in [2.75, 3.05) is 39.5 Å². The van der Waals surface area contributed by atoms with Gasteiger partial charge in [0.15, 0.2) is 0 Å². The molecule has 1 rings (SSSR count). The molecule has 19 heavy (non-hydrogen) atoms. The number of likely N-dealkylation sites (N-methyl/N-ethyl adjacent to an activating group) is 1. The lowest BCUT2D eigenvalue weighted by Crippen LogP contribution is -2.31. The molecule has 0 atom stereocenters. The molecule has 0 aliphatic carbocycles. The number of hydrogen-bond acceptors (Lipinski definition) is 6. The number of carbonyl (C=O) groups is 1. The molecule has 1 amide bonds. The first-order valence-corrected chi connectivity index (χ1v) is 5.70. The Morgan fingerprint density at radius 3 is 2.74 bits per heavy atom. The number of nitrogens with one attached hydrogen (secondary N) is 2. The lowest BCUT2D eigenvalue weighted by Gasteiger charge is -2.11. The molecule has 0 spiro atoms. The van der Waals surface area contributed by atoms with E-state index in [1.807, 2.05) is 19.0 Å². The van der Waals surface area contributed by atoms with Gasteiger partial charge in [0.05, 0.1) is 10.5 Å². The summed E-state index contributed by atoms with van der Waals surface area (Å²) in [6.07, 6.45) is 1.11. The molecular formula is C11H17N5O3. The first-order chi connectivity index (χ1) is 8.95. The van der Waals surface area contributed by atoms with Crippen LogP contribution in [0.5, 0.6) is 0 Å². The molecule has 0 saturated heterocycles. The van der Waals surface area contributed by atoms with Crippen molar-refractivity contribution < 1.29 is 9.72 Å². The van der Waals surface area contributed by atoms with Crippen LogP contribution in [0, 0.1) is 10.1 Å². The quantitative estimate of drug-likeness (QED) is 0.569. The molecule has 0 saturated carbocycles. The average Bonchev–Trinajstić information content (AvgIpc) is 2.37. The maximum atomic E-state index is 11.9. The average molecular weight is 267 g/mol. The van der Waals surface area contributed by atoms with Crippen molar-refractivity contribution in [2.24, 2.45) is 0 Å². The van der Waals surface area contributed by atoms with Gasteiger partial charge in [-0.25, -0.2) is 4.98 Å². The van der Waals surface area contributed by atoms with Crippen LogP contribution in [-0.4, -0.2) is 54.9 Å². The Balaban J connectivity index is 2.87. The molecule has 0 radical (unpaired) electrons. The number of aromatic nitrogens is 1. The first-order valence-electron chi connectivity index (χ1n) is 5.70. The summed E-state index contributed by atoms with van der Waals surface area (Å²) in [5.74, 6) is -0.0737. The Labute approximate surface area is 111 Å². The van der Waals surface area contributed by atoms with Crippen LogP contribution in [0.25, 0.3) is 0 Å². The normalized spacial score (nSPS) is 10.3. The third kappa shape index (κ3) is 4.18. The largest absolute Gasteiger partial charge is 0.372 e. The molecule has 8 heteroatoms. The Kier molecular flexibility index (Phi) is 5.19.